The molecule has 0 aliphatic carbocycles. The normalized spacial score (nSPS) is 18.8. The first-order valence-electron chi connectivity index (χ1n) is 6.14. The van der Waals surface area contributed by atoms with Gasteiger partial charge in [-0.15, -0.1) is 0 Å². The topological polar surface area (TPSA) is 82.8 Å². The number of aryl methyl sites for hydroxylation is 1. The van der Waals surface area contributed by atoms with Crippen molar-refractivity contribution >= 4 is 11.6 Å². The van der Waals surface area contributed by atoms with Gasteiger partial charge in [-0.25, -0.2) is 0 Å². The van der Waals surface area contributed by atoms with Crippen molar-refractivity contribution in [3.63, 3.8) is 0 Å². The molecule has 0 radical (unpaired) electrons. The Morgan fingerprint density at radius 1 is 1.37 bits per heavy atom. The Morgan fingerprint density at radius 2 is 2.05 bits per heavy atom. The monoisotopic (exact) mass is 264 g/mol. The number of benzene rings is 1. The number of ether oxygens (including phenoxy) is 3. The van der Waals surface area contributed by atoms with Gasteiger partial charge < -0.3 is 25.3 Å². The largest absolute Gasteiger partial charge is 0.454 e. The van der Waals surface area contributed by atoms with Crippen molar-refractivity contribution in [2.45, 2.75) is 6.92 Å². The van der Waals surface area contributed by atoms with E-state index in [1.54, 1.807) is 6.07 Å². The molecule has 102 valence electrons. The van der Waals surface area contributed by atoms with E-state index in [1.807, 2.05) is 13.0 Å². The highest BCUT2D eigenvalue weighted by atomic mass is 16.7. The number of rotatable bonds is 3. The molecule has 3 N–H and O–H groups in total. The summed E-state index contributed by atoms with van der Waals surface area (Å²) in [6.45, 7) is 3.15. The molecule has 6 nitrogen and oxygen atoms in total. The number of hydrogen-bond donors (Lipinski definition) is 2. The summed E-state index contributed by atoms with van der Waals surface area (Å²) in [5.74, 6) is 1.24. The zero-order chi connectivity index (χ0) is 13.5. The molecule has 1 amide bonds. The van der Waals surface area contributed by atoms with Gasteiger partial charge in [0.25, 0.3) is 0 Å². The average Bonchev–Trinajstić information content (AvgIpc) is 2.75. The van der Waals surface area contributed by atoms with Crippen LogP contribution in [0.3, 0.4) is 0 Å². The van der Waals surface area contributed by atoms with Crippen LogP contribution in [0.2, 0.25) is 0 Å². The van der Waals surface area contributed by atoms with Gasteiger partial charge in [-0.3, -0.25) is 4.79 Å². The van der Waals surface area contributed by atoms with Gasteiger partial charge in [-0.1, -0.05) is 0 Å². The average molecular weight is 264 g/mol. The van der Waals surface area contributed by atoms with Gasteiger partial charge in [0.15, 0.2) is 11.5 Å². The molecule has 1 aromatic rings. The Balaban J connectivity index is 1.82. The molecule has 1 saturated heterocycles. The maximum atomic E-state index is 12.3. The standard InChI is InChI=1S/C13H16N2O4/c1-8-2-10-11(19-7-18-10)3-9(8)15-12(16)13(4-14)5-17-6-13/h2-3H,4-7,14H2,1H3,(H,15,16). The van der Waals surface area contributed by atoms with Crippen molar-refractivity contribution in [2.75, 3.05) is 31.9 Å². The van der Waals surface area contributed by atoms with Crippen molar-refractivity contribution in [2.24, 2.45) is 11.1 Å². The summed E-state index contributed by atoms with van der Waals surface area (Å²) in [6.07, 6.45) is 0. The molecule has 2 aliphatic heterocycles. The lowest BCUT2D eigenvalue weighted by Crippen LogP contribution is -2.56. The third-order valence-electron chi connectivity index (χ3n) is 3.60. The van der Waals surface area contributed by atoms with E-state index in [0.717, 1.165) is 5.56 Å². The first-order chi connectivity index (χ1) is 9.14. The first-order valence-corrected chi connectivity index (χ1v) is 6.14. The highest BCUT2D eigenvalue weighted by Gasteiger charge is 2.44. The fourth-order valence-corrected chi connectivity index (χ4v) is 2.12. The minimum absolute atomic E-state index is 0.108. The maximum absolute atomic E-state index is 12.3. The molecule has 0 saturated carbocycles. The Bertz CT molecular complexity index is 520. The summed E-state index contributed by atoms with van der Waals surface area (Å²) >= 11 is 0. The maximum Gasteiger partial charge on any atom is 0.236 e. The third-order valence-corrected chi connectivity index (χ3v) is 3.60. The molecule has 0 unspecified atom stereocenters. The fourth-order valence-electron chi connectivity index (χ4n) is 2.12. The van der Waals surface area contributed by atoms with E-state index in [4.69, 9.17) is 19.9 Å². The van der Waals surface area contributed by atoms with E-state index in [0.29, 0.717) is 30.4 Å². The molecule has 0 aromatic heterocycles. The van der Waals surface area contributed by atoms with Gasteiger partial charge in [0.05, 0.1) is 13.2 Å². The molecular formula is C13H16N2O4. The number of amides is 1. The zero-order valence-electron chi connectivity index (χ0n) is 10.7. The second-order valence-corrected chi connectivity index (χ2v) is 4.95. The predicted octanol–water partition coefficient (Wildman–Crippen LogP) is 0.638. The molecular weight excluding hydrogens is 248 g/mol. The van der Waals surface area contributed by atoms with Crippen LogP contribution in [0.4, 0.5) is 5.69 Å². The van der Waals surface area contributed by atoms with Crippen LogP contribution >= 0.6 is 0 Å². The summed E-state index contributed by atoms with van der Waals surface area (Å²) in [6, 6.07) is 3.63. The molecule has 1 fully saturated rings. The Kier molecular flexibility index (Phi) is 2.83. The number of nitrogens with two attached hydrogens (primary N) is 1. The van der Waals surface area contributed by atoms with E-state index in [1.165, 1.54) is 0 Å². The lowest BCUT2D eigenvalue weighted by Gasteiger charge is -2.38. The molecule has 0 spiro atoms. The molecule has 1 aromatic carbocycles. The predicted molar refractivity (Wildman–Crippen MR) is 68.2 cm³/mol. The van der Waals surface area contributed by atoms with Gasteiger partial charge in [-0.05, 0) is 18.6 Å². The molecule has 2 heterocycles. The number of nitrogens with one attached hydrogen (secondary N) is 1. The SMILES string of the molecule is Cc1cc2c(cc1NC(=O)C1(CN)COC1)OCO2. The van der Waals surface area contributed by atoms with Gasteiger partial charge >= 0.3 is 0 Å². The van der Waals surface area contributed by atoms with Crippen molar-refractivity contribution in [3.8, 4) is 11.5 Å². The Labute approximate surface area is 110 Å². The van der Waals surface area contributed by atoms with Crippen LogP contribution in [0.1, 0.15) is 5.56 Å². The Morgan fingerprint density at radius 3 is 2.63 bits per heavy atom. The number of carbonyl (C=O) groups excluding carboxylic acids is 1. The molecule has 2 aliphatic rings. The summed E-state index contributed by atoms with van der Waals surface area (Å²) in [5, 5.41) is 2.90. The summed E-state index contributed by atoms with van der Waals surface area (Å²) in [4.78, 5) is 12.3. The summed E-state index contributed by atoms with van der Waals surface area (Å²) in [7, 11) is 0. The molecule has 3 rings (SSSR count). The van der Waals surface area contributed by atoms with Crippen LogP contribution in [-0.4, -0.2) is 32.5 Å². The molecule has 0 atom stereocenters. The molecule has 19 heavy (non-hydrogen) atoms. The van der Waals surface area contributed by atoms with Crippen LogP contribution in [0.15, 0.2) is 12.1 Å². The second kappa shape index (κ2) is 4.40. The van der Waals surface area contributed by atoms with Crippen molar-refractivity contribution in [1.29, 1.82) is 0 Å². The van der Waals surface area contributed by atoms with E-state index in [-0.39, 0.29) is 19.2 Å². The smallest absolute Gasteiger partial charge is 0.236 e. The minimum atomic E-state index is -0.594. The molecule has 6 heteroatoms. The zero-order valence-corrected chi connectivity index (χ0v) is 10.7. The van der Waals surface area contributed by atoms with E-state index >= 15 is 0 Å². The van der Waals surface area contributed by atoms with Crippen molar-refractivity contribution < 1.29 is 19.0 Å². The van der Waals surface area contributed by atoms with Crippen LogP contribution in [0, 0.1) is 12.3 Å². The van der Waals surface area contributed by atoms with Crippen LogP contribution in [0.25, 0.3) is 0 Å². The van der Waals surface area contributed by atoms with Crippen LogP contribution in [-0.2, 0) is 9.53 Å². The van der Waals surface area contributed by atoms with E-state index in [9.17, 15) is 4.79 Å². The van der Waals surface area contributed by atoms with E-state index < -0.39 is 5.41 Å². The summed E-state index contributed by atoms with van der Waals surface area (Å²) in [5.41, 5.74) is 6.71. The van der Waals surface area contributed by atoms with Gasteiger partial charge in [-0.2, -0.15) is 0 Å². The second-order valence-electron chi connectivity index (χ2n) is 4.95. The Hall–Kier alpha value is -1.79. The lowest BCUT2D eigenvalue weighted by atomic mass is 9.85. The number of anilines is 1. The number of carbonyl (C=O) groups is 1. The third kappa shape index (κ3) is 1.93. The van der Waals surface area contributed by atoms with Crippen molar-refractivity contribution in [1.82, 2.24) is 0 Å². The molecule has 0 bridgehead atoms. The lowest BCUT2D eigenvalue weighted by molar-refractivity contribution is -0.153. The van der Waals surface area contributed by atoms with E-state index in [2.05, 4.69) is 5.32 Å². The minimum Gasteiger partial charge on any atom is -0.454 e. The first kappa shape index (κ1) is 12.3. The fraction of sp³-hybridized carbons (Fsp3) is 0.462. The summed E-state index contributed by atoms with van der Waals surface area (Å²) < 4.78 is 15.7. The highest BCUT2D eigenvalue weighted by Crippen LogP contribution is 2.37. The highest BCUT2D eigenvalue weighted by molar-refractivity contribution is 5.97. The van der Waals surface area contributed by atoms with Gasteiger partial charge in [0.2, 0.25) is 12.7 Å². The number of fused-ring (bicyclic) bond motifs is 1. The van der Waals surface area contributed by atoms with Gasteiger partial charge in [0.1, 0.15) is 5.41 Å². The van der Waals surface area contributed by atoms with Crippen LogP contribution in [0.5, 0.6) is 11.5 Å². The van der Waals surface area contributed by atoms with Gasteiger partial charge in [0, 0.05) is 18.3 Å². The van der Waals surface area contributed by atoms with Crippen LogP contribution < -0.4 is 20.5 Å². The quantitative estimate of drug-likeness (QED) is 0.837. The number of hydrogen-bond acceptors (Lipinski definition) is 5. The van der Waals surface area contributed by atoms with Crippen molar-refractivity contribution in [3.05, 3.63) is 17.7 Å².